The van der Waals surface area contributed by atoms with Crippen molar-refractivity contribution in [2.75, 3.05) is 18.1 Å². The number of carbonyl (C=O) groups is 1. The number of carbonyl (C=O) groups excluding carboxylic acids is 1. The normalized spacial score (nSPS) is 12.6. The Bertz CT molecular complexity index is 660. The number of nitro benzene ring substituents is 1. The Morgan fingerprint density at radius 3 is 2.04 bits per heavy atom. The van der Waals surface area contributed by atoms with Gasteiger partial charge in [-0.2, -0.15) is 0 Å². The molecule has 1 amide bonds. The molecule has 0 bridgehead atoms. The van der Waals surface area contributed by atoms with Crippen molar-refractivity contribution >= 4 is 25.8 Å². The minimum absolute atomic E-state index is 0.0274. The van der Waals surface area contributed by atoms with Crippen LogP contribution in [0.25, 0.3) is 0 Å². The molecule has 8 heteroatoms. The van der Waals surface area contributed by atoms with Gasteiger partial charge in [0.1, 0.15) is 5.60 Å². The van der Waals surface area contributed by atoms with E-state index in [4.69, 9.17) is 9.16 Å². The summed E-state index contributed by atoms with van der Waals surface area (Å²) in [6, 6.07) is 5.85. The van der Waals surface area contributed by atoms with Gasteiger partial charge in [0.2, 0.25) is 0 Å². The van der Waals surface area contributed by atoms with Crippen molar-refractivity contribution in [3.63, 3.8) is 0 Å². The van der Waals surface area contributed by atoms with E-state index in [0.717, 1.165) is 0 Å². The van der Waals surface area contributed by atoms with E-state index < -0.39 is 24.9 Å². The lowest BCUT2D eigenvalue weighted by Gasteiger charge is -2.37. The fourth-order valence-corrected chi connectivity index (χ4v) is 3.04. The Labute approximate surface area is 162 Å². The van der Waals surface area contributed by atoms with Gasteiger partial charge in [0.05, 0.1) is 18.1 Å². The van der Waals surface area contributed by atoms with Crippen LogP contribution < -0.4 is 4.90 Å². The third-order valence-electron chi connectivity index (χ3n) is 4.57. The fraction of sp³-hybridized carbons (Fsp3) is 0.632. The van der Waals surface area contributed by atoms with Crippen molar-refractivity contribution in [2.24, 2.45) is 0 Å². The lowest BCUT2D eigenvalue weighted by molar-refractivity contribution is -0.384. The summed E-state index contributed by atoms with van der Waals surface area (Å²) in [5.41, 5.74) is -0.134. The quantitative estimate of drug-likeness (QED) is 0.367. The Morgan fingerprint density at radius 1 is 1.11 bits per heavy atom. The third kappa shape index (κ3) is 6.95. The first-order valence-electron chi connectivity index (χ1n) is 9.03. The SMILES string of the molecule is CC(C)(C)OC(=O)N(CCO[Si](C)(C)C(C)(C)C)c1ccc([N+](=O)[O-])cc1. The van der Waals surface area contributed by atoms with Gasteiger partial charge in [0, 0.05) is 17.8 Å². The number of hydrogen-bond acceptors (Lipinski definition) is 5. The molecule has 0 aliphatic carbocycles. The van der Waals surface area contributed by atoms with E-state index in [9.17, 15) is 14.9 Å². The largest absolute Gasteiger partial charge is 0.443 e. The first-order valence-corrected chi connectivity index (χ1v) is 11.9. The predicted molar refractivity (Wildman–Crippen MR) is 110 cm³/mol. The van der Waals surface area contributed by atoms with E-state index in [0.29, 0.717) is 18.8 Å². The van der Waals surface area contributed by atoms with Gasteiger partial charge in [0.15, 0.2) is 8.32 Å². The van der Waals surface area contributed by atoms with Crippen LogP contribution in [0.4, 0.5) is 16.2 Å². The number of amides is 1. The summed E-state index contributed by atoms with van der Waals surface area (Å²) in [5.74, 6) is 0. The molecule has 0 fully saturated rings. The van der Waals surface area contributed by atoms with Crippen LogP contribution in [0.1, 0.15) is 41.5 Å². The molecule has 1 aromatic rings. The molecule has 152 valence electrons. The average Bonchev–Trinajstić information content (AvgIpc) is 2.48. The zero-order valence-corrected chi connectivity index (χ0v) is 18.7. The van der Waals surface area contributed by atoms with E-state index in [1.54, 1.807) is 32.9 Å². The van der Waals surface area contributed by atoms with E-state index >= 15 is 0 Å². The van der Waals surface area contributed by atoms with Crippen LogP contribution in [0.5, 0.6) is 0 Å². The smallest absolute Gasteiger partial charge is 0.414 e. The van der Waals surface area contributed by atoms with Crippen LogP contribution in [0.2, 0.25) is 18.1 Å². The van der Waals surface area contributed by atoms with Gasteiger partial charge >= 0.3 is 6.09 Å². The van der Waals surface area contributed by atoms with Crippen LogP contribution in [0.15, 0.2) is 24.3 Å². The fourth-order valence-electron chi connectivity index (χ4n) is 2.01. The number of nitrogens with zero attached hydrogens (tertiary/aromatic N) is 2. The number of ether oxygens (including phenoxy) is 1. The summed E-state index contributed by atoms with van der Waals surface area (Å²) in [6.45, 7) is 16.8. The first kappa shape index (κ1) is 23.1. The lowest BCUT2D eigenvalue weighted by Crippen LogP contribution is -2.44. The number of benzene rings is 1. The molecule has 7 nitrogen and oxygen atoms in total. The second-order valence-electron chi connectivity index (χ2n) is 9.01. The lowest BCUT2D eigenvalue weighted by atomic mass is 10.2. The Kier molecular flexibility index (Phi) is 7.18. The van der Waals surface area contributed by atoms with Crippen LogP contribution in [-0.4, -0.2) is 38.1 Å². The zero-order valence-electron chi connectivity index (χ0n) is 17.7. The molecule has 0 aromatic heterocycles. The van der Waals surface area contributed by atoms with Crippen molar-refractivity contribution in [3.8, 4) is 0 Å². The number of rotatable bonds is 6. The molecule has 0 heterocycles. The molecule has 0 radical (unpaired) electrons. The van der Waals surface area contributed by atoms with Crippen LogP contribution >= 0.6 is 0 Å². The molecule has 27 heavy (non-hydrogen) atoms. The molecule has 0 atom stereocenters. The molecule has 1 aromatic carbocycles. The Balaban J connectivity index is 2.98. The maximum Gasteiger partial charge on any atom is 0.414 e. The molecule has 0 unspecified atom stereocenters. The molecule has 0 saturated heterocycles. The maximum absolute atomic E-state index is 12.7. The minimum atomic E-state index is -1.95. The molecular formula is C19H32N2O5Si. The topological polar surface area (TPSA) is 81.9 Å². The third-order valence-corrected chi connectivity index (χ3v) is 9.11. The number of hydrogen-bond donors (Lipinski definition) is 0. The number of nitro groups is 1. The van der Waals surface area contributed by atoms with E-state index in [-0.39, 0.29) is 10.7 Å². The summed E-state index contributed by atoms with van der Waals surface area (Å²) in [4.78, 5) is 24.5. The standard InChI is InChI=1S/C19H32N2O5Si/c1-18(2,3)26-17(22)20(13-14-25-27(7,8)19(4,5)6)15-9-11-16(12-10-15)21(23)24/h9-12H,13-14H2,1-8H3. The van der Waals surface area contributed by atoms with E-state index in [2.05, 4.69) is 33.9 Å². The van der Waals surface area contributed by atoms with Crippen molar-refractivity contribution in [1.29, 1.82) is 0 Å². The van der Waals surface area contributed by atoms with Crippen molar-refractivity contribution in [3.05, 3.63) is 34.4 Å². The molecule has 0 saturated carbocycles. The van der Waals surface area contributed by atoms with Crippen LogP contribution in [0.3, 0.4) is 0 Å². The van der Waals surface area contributed by atoms with Crippen LogP contribution in [-0.2, 0) is 9.16 Å². The van der Waals surface area contributed by atoms with Gasteiger partial charge in [-0.15, -0.1) is 0 Å². The summed E-state index contributed by atoms with van der Waals surface area (Å²) in [7, 11) is -1.95. The zero-order chi connectivity index (χ0) is 21.0. The second-order valence-corrected chi connectivity index (χ2v) is 13.8. The summed E-state index contributed by atoms with van der Waals surface area (Å²) >= 11 is 0. The molecule has 0 N–H and O–H groups in total. The van der Waals surface area contributed by atoms with Gasteiger partial charge in [-0.3, -0.25) is 15.0 Å². The summed E-state index contributed by atoms with van der Waals surface area (Å²) in [5, 5.41) is 10.9. The van der Waals surface area contributed by atoms with Crippen molar-refractivity contribution < 1.29 is 18.9 Å². The van der Waals surface area contributed by atoms with Gasteiger partial charge in [-0.05, 0) is 51.0 Å². The predicted octanol–water partition coefficient (Wildman–Crippen LogP) is 5.36. The molecule has 1 rings (SSSR count). The highest BCUT2D eigenvalue weighted by Gasteiger charge is 2.37. The average molecular weight is 397 g/mol. The highest BCUT2D eigenvalue weighted by molar-refractivity contribution is 6.74. The van der Waals surface area contributed by atoms with Gasteiger partial charge in [-0.1, -0.05) is 20.8 Å². The summed E-state index contributed by atoms with van der Waals surface area (Å²) < 4.78 is 11.7. The molecule has 0 aliphatic rings. The highest BCUT2D eigenvalue weighted by atomic mass is 28.4. The van der Waals surface area contributed by atoms with Crippen molar-refractivity contribution in [2.45, 2.75) is 65.3 Å². The van der Waals surface area contributed by atoms with Crippen LogP contribution in [0, 0.1) is 10.1 Å². The molecule has 0 spiro atoms. The first-order chi connectivity index (χ1) is 12.1. The Hall–Kier alpha value is -1.93. The molecular weight excluding hydrogens is 364 g/mol. The number of non-ortho nitro benzene ring substituents is 1. The molecule has 0 aliphatic heterocycles. The van der Waals surface area contributed by atoms with Gasteiger partial charge in [0.25, 0.3) is 5.69 Å². The summed E-state index contributed by atoms with van der Waals surface area (Å²) in [6.07, 6.45) is -0.504. The number of anilines is 1. The second kappa shape index (κ2) is 8.39. The van der Waals surface area contributed by atoms with E-state index in [1.807, 2.05) is 0 Å². The van der Waals surface area contributed by atoms with Gasteiger partial charge < -0.3 is 9.16 Å². The Morgan fingerprint density at radius 2 is 1.63 bits per heavy atom. The minimum Gasteiger partial charge on any atom is -0.443 e. The van der Waals surface area contributed by atoms with E-state index in [1.165, 1.54) is 17.0 Å². The monoisotopic (exact) mass is 396 g/mol. The van der Waals surface area contributed by atoms with Crippen molar-refractivity contribution in [1.82, 2.24) is 0 Å². The van der Waals surface area contributed by atoms with Gasteiger partial charge in [-0.25, -0.2) is 4.79 Å². The highest BCUT2D eigenvalue weighted by Crippen LogP contribution is 2.36. The maximum atomic E-state index is 12.7.